The van der Waals surface area contributed by atoms with Crippen LogP contribution in [0.2, 0.25) is 0 Å². The van der Waals surface area contributed by atoms with Gasteiger partial charge in [-0.1, -0.05) is 26.5 Å². The number of nitrogens with zero attached hydrogens (tertiary/aromatic N) is 5. The molecule has 0 bridgehead atoms. The van der Waals surface area contributed by atoms with E-state index in [-0.39, 0.29) is 39.0 Å². The van der Waals surface area contributed by atoms with Crippen LogP contribution in [0.3, 0.4) is 0 Å². The Morgan fingerprint density at radius 2 is 1.97 bits per heavy atom. The standard InChI is InChI=1S/C19H20F3N5O2S/c1-5-8-9-27-14(6-2)16(30(28,29)7-3)15(25-27)18-24-13-10-12(19(20,21)22)11-23-17(13)26(18)4/h6,8-11H,2,5,7H2,1,3-4H3/b9-8-. The quantitative estimate of drug-likeness (QED) is 0.576. The molecule has 0 amide bonds. The van der Waals surface area contributed by atoms with Crippen molar-refractivity contribution in [1.29, 1.82) is 0 Å². The Labute approximate surface area is 171 Å². The number of imidazole rings is 1. The van der Waals surface area contributed by atoms with Gasteiger partial charge in [0.15, 0.2) is 21.3 Å². The molecule has 3 heterocycles. The van der Waals surface area contributed by atoms with Gasteiger partial charge in [0, 0.05) is 19.4 Å². The number of allylic oxidation sites excluding steroid dienone is 1. The van der Waals surface area contributed by atoms with Crippen molar-refractivity contribution in [3.8, 4) is 11.5 Å². The third-order valence-corrected chi connectivity index (χ3v) is 6.30. The maximum atomic E-state index is 13.0. The molecule has 0 spiro atoms. The van der Waals surface area contributed by atoms with E-state index in [1.54, 1.807) is 19.3 Å². The lowest BCUT2D eigenvalue weighted by Gasteiger charge is -2.05. The minimum absolute atomic E-state index is 0.0130. The smallest absolute Gasteiger partial charge is 0.310 e. The zero-order valence-corrected chi connectivity index (χ0v) is 17.4. The number of hydrogen-bond acceptors (Lipinski definition) is 5. The van der Waals surface area contributed by atoms with Crippen LogP contribution in [0.15, 0.2) is 29.8 Å². The van der Waals surface area contributed by atoms with Crippen molar-refractivity contribution in [2.24, 2.45) is 7.05 Å². The van der Waals surface area contributed by atoms with Crippen LogP contribution in [0.1, 0.15) is 31.5 Å². The normalized spacial score (nSPS) is 12.9. The first kappa shape index (κ1) is 21.8. The van der Waals surface area contributed by atoms with Gasteiger partial charge < -0.3 is 4.57 Å². The van der Waals surface area contributed by atoms with E-state index in [1.165, 1.54) is 22.2 Å². The number of alkyl halides is 3. The summed E-state index contributed by atoms with van der Waals surface area (Å²) in [5, 5.41) is 4.38. The molecule has 3 aromatic heterocycles. The van der Waals surface area contributed by atoms with Gasteiger partial charge in [-0.2, -0.15) is 18.3 Å². The number of pyridine rings is 1. The Kier molecular flexibility index (Phi) is 5.59. The fraction of sp³-hybridized carbons (Fsp3) is 0.316. The van der Waals surface area contributed by atoms with Gasteiger partial charge in [0.05, 0.1) is 17.0 Å². The Morgan fingerprint density at radius 3 is 2.53 bits per heavy atom. The van der Waals surface area contributed by atoms with E-state index in [9.17, 15) is 21.6 Å². The lowest BCUT2D eigenvalue weighted by molar-refractivity contribution is -0.137. The van der Waals surface area contributed by atoms with Crippen molar-refractivity contribution in [2.45, 2.75) is 31.3 Å². The third kappa shape index (κ3) is 3.64. The van der Waals surface area contributed by atoms with Crippen molar-refractivity contribution in [3.63, 3.8) is 0 Å². The first-order valence-corrected chi connectivity index (χ1v) is 10.7. The van der Waals surface area contributed by atoms with Gasteiger partial charge in [-0.25, -0.2) is 23.1 Å². The molecule has 0 aliphatic heterocycles. The summed E-state index contributed by atoms with van der Waals surface area (Å²) >= 11 is 0. The molecule has 0 aliphatic rings. The first-order valence-electron chi connectivity index (χ1n) is 9.09. The molecule has 0 aromatic carbocycles. The van der Waals surface area contributed by atoms with E-state index in [1.807, 2.05) is 6.92 Å². The molecule has 3 rings (SSSR count). The van der Waals surface area contributed by atoms with Gasteiger partial charge in [-0.3, -0.25) is 0 Å². The van der Waals surface area contributed by atoms with Gasteiger partial charge in [-0.05, 0) is 18.6 Å². The molecule has 160 valence electrons. The molecule has 11 heteroatoms. The van der Waals surface area contributed by atoms with Gasteiger partial charge in [-0.15, -0.1) is 0 Å². The number of hydrogen-bond donors (Lipinski definition) is 0. The average Bonchev–Trinajstić information content (AvgIpc) is 3.23. The Balaban J connectivity index is 2.35. The predicted molar refractivity (Wildman–Crippen MR) is 108 cm³/mol. The van der Waals surface area contributed by atoms with Crippen LogP contribution in [0.5, 0.6) is 0 Å². The highest BCUT2D eigenvalue weighted by Crippen LogP contribution is 2.34. The molecule has 0 aliphatic carbocycles. The summed E-state index contributed by atoms with van der Waals surface area (Å²) in [7, 11) is -2.21. The fourth-order valence-corrected chi connectivity index (χ4v) is 4.19. The SMILES string of the molecule is C=Cc1c(S(=O)(=O)CC)c(-c2nc3cc(C(F)(F)F)cnc3n2C)nn1/C=C\CC. The molecule has 0 fully saturated rings. The van der Waals surface area contributed by atoms with Crippen LogP contribution < -0.4 is 0 Å². The van der Waals surface area contributed by atoms with Crippen molar-refractivity contribution < 1.29 is 21.6 Å². The zero-order valence-electron chi connectivity index (χ0n) is 16.6. The van der Waals surface area contributed by atoms with Crippen LogP contribution in [0, 0.1) is 0 Å². The van der Waals surface area contributed by atoms with E-state index in [0.29, 0.717) is 6.42 Å². The van der Waals surface area contributed by atoms with E-state index in [0.717, 1.165) is 12.3 Å². The number of aryl methyl sites for hydroxylation is 1. The van der Waals surface area contributed by atoms with Gasteiger partial charge in [0.2, 0.25) is 0 Å². The number of fused-ring (bicyclic) bond motifs is 1. The molecular weight excluding hydrogens is 419 g/mol. The summed E-state index contributed by atoms with van der Waals surface area (Å²) in [5.41, 5.74) is -0.490. The summed E-state index contributed by atoms with van der Waals surface area (Å²) < 4.78 is 67.6. The zero-order chi connectivity index (χ0) is 22.3. The predicted octanol–water partition coefficient (Wildman–Crippen LogP) is 4.17. The second-order valence-electron chi connectivity index (χ2n) is 6.47. The topological polar surface area (TPSA) is 82.7 Å². The summed E-state index contributed by atoms with van der Waals surface area (Å²) in [6.07, 6.45) is 1.61. The van der Waals surface area contributed by atoms with E-state index in [2.05, 4.69) is 21.6 Å². The van der Waals surface area contributed by atoms with Crippen LogP contribution in [0.4, 0.5) is 13.2 Å². The summed E-state index contributed by atoms with van der Waals surface area (Å²) in [6.45, 7) is 7.10. The molecule has 0 atom stereocenters. The fourth-order valence-electron chi connectivity index (χ4n) is 2.98. The minimum Gasteiger partial charge on any atom is -0.310 e. The molecule has 30 heavy (non-hydrogen) atoms. The summed E-state index contributed by atoms with van der Waals surface area (Å²) in [4.78, 5) is 8.03. The lowest BCUT2D eigenvalue weighted by Crippen LogP contribution is -2.07. The van der Waals surface area contributed by atoms with Crippen molar-refractivity contribution in [3.05, 3.63) is 36.2 Å². The van der Waals surface area contributed by atoms with Crippen LogP contribution >= 0.6 is 0 Å². The number of rotatable bonds is 6. The maximum absolute atomic E-state index is 13.0. The van der Waals surface area contributed by atoms with Crippen molar-refractivity contribution >= 4 is 33.3 Å². The van der Waals surface area contributed by atoms with Crippen molar-refractivity contribution in [2.75, 3.05) is 5.75 Å². The van der Waals surface area contributed by atoms with Crippen LogP contribution in [-0.2, 0) is 23.1 Å². The second kappa shape index (κ2) is 7.71. The number of aromatic nitrogens is 5. The minimum atomic E-state index is -4.57. The van der Waals surface area contributed by atoms with Crippen LogP contribution in [-0.4, -0.2) is 38.5 Å². The molecular formula is C19H20F3N5O2S. The van der Waals surface area contributed by atoms with Gasteiger partial charge >= 0.3 is 6.18 Å². The monoisotopic (exact) mass is 439 g/mol. The lowest BCUT2D eigenvalue weighted by atomic mass is 10.2. The summed E-state index contributed by atoms with van der Waals surface area (Å²) in [6, 6.07) is 0.877. The molecule has 7 nitrogen and oxygen atoms in total. The molecule has 0 radical (unpaired) electrons. The van der Waals surface area contributed by atoms with Gasteiger partial charge in [0.1, 0.15) is 16.1 Å². The number of halogens is 3. The second-order valence-corrected chi connectivity index (χ2v) is 8.68. The number of sulfone groups is 1. The van der Waals surface area contributed by atoms with E-state index >= 15 is 0 Å². The molecule has 0 saturated heterocycles. The Bertz CT molecular complexity index is 1250. The molecule has 0 saturated carbocycles. The van der Waals surface area contributed by atoms with E-state index < -0.39 is 21.6 Å². The van der Waals surface area contributed by atoms with Gasteiger partial charge in [0.25, 0.3) is 0 Å². The van der Waals surface area contributed by atoms with Crippen LogP contribution in [0.25, 0.3) is 35.0 Å². The van der Waals surface area contributed by atoms with Crippen molar-refractivity contribution in [1.82, 2.24) is 24.3 Å². The molecule has 0 N–H and O–H groups in total. The third-order valence-electron chi connectivity index (χ3n) is 4.52. The highest BCUT2D eigenvalue weighted by Gasteiger charge is 2.33. The van der Waals surface area contributed by atoms with E-state index in [4.69, 9.17) is 0 Å². The molecule has 0 unspecified atom stereocenters. The Morgan fingerprint density at radius 1 is 1.27 bits per heavy atom. The molecule has 3 aromatic rings. The summed E-state index contributed by atoms with van der Waals surface area (Å²) in [5.74, 6) is -0.0969. The highest BCUT2D eigenvalue weighted by molar-refractivity contribution is 7.91. The highest BCUT2D eigenvalue weighted by atomic mass is 32.2. The first-order chi connectivity index (χ1) is 14.0. The average molecular weight is 439 g/mol. The largest absolute Gasteiger partial charge is 0.417 e. The maximum Gasteiger partial charge on any atom is 0.417 e. The Hall–Kier alpha value is -2.95.